The van der Waals surface area contributed by atoms with Crippen molar-refractivity contribution in [3.05, 3.63) is 121 Å². The quantitative estimate of drug-likeness (QED) is 0.189. The van der Waals surface area contributed by atoms with Gasteiger partial charge in [0.25, 0.3) is 5.91 Å². The van der Waals surface area contributed by atoms with Crippen molar-refractivity contribution in [2.75, 3.05) is 11.9 Å². The Morgan fingerprint density at radius 3 is 2.23 bits per heavy atom. The third-order valence-corrected chi connectivity index (χ3v) is 6.69. The van der Waals surface area contributed by atoms with Crippen LogP contribution in [0.5, 0.6) is 5.75 Å². The van der Waals surface area contributed by atoms with Crippen molar-refractivity contribution < 1.29 is 24.2 Å². The van der Waals surface area contributed by atoms with E-state index in [1.54, 1.807) is 45.0 Å². The van der Waals surface area contributed by atoms with Crippen LogP contribution in [-0.4, -0.2) is 46.1 Å². The average Bonchev–Trinajstić information content (AvgIpc) is 2.96. The van der Waals surface area contributed by atoms with Crippen LogP contribution in [0.4, 0.5) is 10.5 Å². The van der Waals surface area contributed by atoms with Crippen molar-refractivity contribution in [2.45, 2.75) is 44.9 Å². The maximum atomic E-state index is 14.3. The first kappa shape index (κ1) is 30.8. The molecule has 4 aromatic rings. The molecule has 0 aromatic heterocycles. The maximum absolute atomic E-state index is 14.3. The largest absolute Gasteiger partial charge is 0.508 e. The molecule has 0 fully saturated rings. The molecule has 3 amide bonds. The number of phenolic OH excluding ortho intramolecular Hbond substituents is 1. The molecule has 0 aliphatic heterocycles. The van der Waals surface area contributed by atoms with Crippen molar-refractivity contribution in [3.8, 4) is 5.75 Å². The van der Waals surface area contributed by atoms with E-state index in [-0.39, 0.29) is 24.3 Å². The number of phenols is 1. The highest BCUT2D eigenvalue weighted by Gasteiger charge is 2.37. The lowest BCUT2D eigenvalue weighted by Crippen LogP contribution is -2.53. The summed E-state index contributed by atoms with van der Waals surface area (Å²) in [5.74, 6) is -1.23. The highest BCUT2D eigenvalue weighted by molar-refractivity contribution is 6.00. The van der Waals surface area contributed by atoms with Gasteiger partial charge in [-0.2, -0.15) is 0 Å². The lowest BCUT2D eigenvalue weighted by atomic mass is 9.99. The molecule has 0 spiro atoms. The SMILES string of the molecule is C=CCN(C(=O)C(Cc1ccccc1)NC(=O)OC(C)(C)C)C(C(=O)Nc1ccc2ccccc2c1)c1ccccc1O. The fourth-order valence-electron chi connectivity index (χ4n) is 4.81. The van der Waals surface area contributed by atoms with Crippen LogP contribution in [-0.2, 0) is 20.7 Å². The first-order valence-corrected chi connectivity index (χ1v) is 14.1. The molecular weight excluding hydrogens is 542 g/mol. The van der Waals surface area contributed by atoms with E-state index < -0.39 is 35.6 Å². The average molecular weight is 580 g/mol. The predicted molar refractivity (Wildman–Crippen MR) is 169 cm³/mol. The lowest BCUT2D eigenvalue weighted by molar-refractivity contribution is -0.140. The van der Waals surface area contributed by atoms with Gasteiger partial charge < -0.3 is 25.4 Å². The highest BCUT2D eigenvalue weighted by atomic mass is 16.6. The molecule has 8 nitrogen and oxygen atoms in total. The van der Waals surface area contributed by atoms with E-state index in [9.17, 15) is 19.5 Å². The van der Waals surface area contributed by atoms with Gasteiger partial charge in [0.2, 0.25) is 5.91 Å². The zero-order chi connectivity index (χ0) is 31.0. The van der Waals surface area contributed by atoms with Gasteiger partial charge >= 0.3 is 6.09 Å². The Hall–Kier alpha value is -5.11. The van der Waals surface area contributed by atoms with Gasteiger partial charge in [0.1, 0.15) is 23.4 Å². The number of hydrogen-bond donors (Lipinski definition) is 3. The van der Waals surface area contributed by atoms with Crippen molar-refractivity contribution in [1.82, 2.24) is 10.2 Å². The number of carbonyl (C=O) groups excluding carboxylic acids is 3. The Kier molecular flexibility index (Phi) is 9.83. The number of carbonyl (C=O) groups is 3. The summed E-state index contributed by atoms with van der Waals surface area (Å²) in [6, 6.07) is 26.6. The number of nitrogens with zero attached hydrogens (tertiary/aromatic N) is 1. The molecule has 3 N–H and O–H groups in total. The minimum atomic E-state index is -1.25. The predicted octanol–water partition coefficient (Wildman–Crippen LogP) is 6.38. The number of amides is 3. The fraction of sp³-hybridized carbons (Fsp3) is 0.229. The summed E-state index contributed by atoms with van der Waals surface area (Å²) in [6.45, 7) is 8.97. The van der Waals surface area contributed by atoms with Gasteiger partial charge in [-0.15, -0.1) is 6.58 Å². The van der Waals surface area contributed by atoms with Crippen molar-refractivity contribution in [2.24, 2.45) is 0 Å². The lowest BCUT2D eigenvalue weighted by Gasteiger charge is -2.34. The summed E-state index contributed by atoms with van der Waals surface area (Å²) in [5.41, 5.74) is 0.772. The number of benzene rings is 4. The number of para-hydroxylation sites is 1. The Labute approximate surface area is 252 Å². The van der Waals surface area contributed by atoms with Gasteiger partial charge in [-0.05, 0) is 55.3 Å². The minimum absolute atomic E-state index is 0.0374. The molecule has 8 heteroatoms. The first-order chi connectivity index (χ1) is 20.6. The molecule has 4 aromatic carbocycles. The van der Waals surface area contributed by atoms with Gasteiger partial charge in [-0.1, -0.05) is 84.9 Å². The zero-order valence-corrected chi connectivity index (χ0v) is 24.6. The first-order valence-electron chi connectivity index (χ1n) is 14.1. The number of hydrogen-bond acceptors (Lipinski definition) is 5. The van der Waals surface area contributed by atoms with Crippen LogP contribution in [0.2, 0.25) is 0 Å². The Morgan fingerprint density at radius 1 is 0.907 bits per heavy atom. The number of anilines is 1. The number of fused-ring (bicyclic) bond motifs is 1. The normalized spacial score (nSPS) is 12.5. The maximum Gasteiger partial charge on any atom is 0.408 e. The molecule has 0 saturated carbocycles. The van der Waals surface area contributed by atoms with E-state index in [1.807, 2.05) is 66.7 Å². The number of nitrogens with one attached hydrogen (secondary N) is 2. The van der Waals surface area contributed by atoms with Crippen LogP contribution in [0.25, 0.3) is 10.8 Å². The second-order valence-electron chi connectivity index (χ2n) is 11.2. The van der Waals surface area contributed by atoms with Crippen LogP contribution >= 0.6 is 0 Å². The van der Waals surface area contributed by atoms with Gasteiger partial charge in [0.05, 0.1) is 0 Å². The van der Waals surface area contributed by atoms with Crippen LogP contribution in [0.1, 0.15) is 37.9 Å². The van der Waals surface area contributed by atoms with Crippen LogP contribution < -0.4 is 10.6 Å². The summed E-state index contributed by atoms with van der Waals surface area (Å²) in [4.78, 5) is 42.6. The van der Waals surface area contributed by atoms with Crippen molar-refractivity contribution in [1.29, 1.82) is 0 Å². The molecular formula is C35H37N3O5. The van der Waals surface area contributed by atoms with E-state index in [0.29, 0.717) is 5.69 Å². The third kappa shape index (κ3) is 8.23. The Morgan fingerprint density at radius 2 is 1.56 bits per heavy atom. The van der Waals surface area contributed by atoms with E-state index in [0.717, 1.165) is 16.3 Å². The number of alkyl carbamates (subject to hydrolysis) is 1. The van der Waals surface area contributed by atoms with E-state index in [4.69, 9.17) is 4.74 Å². The summed E-state index contributed by atoms with van der Waals surface area (Å²) in [6.07, 6.45) is 0.883. The molecule has 0 heterocycles. The Balaban J connectivity index is 1.73. The summed E-state index contributed by atoms with van der Waals surface area (Å²) in [5, 5.41) is 18.4. The van der Waals surface area contributed by atoms with Gasteiger partial charge in [-0.3, -0.25) is 9.59 Å². The van der Waals surface area contributed by atoms with Crippen molar-refractivity contribution in [3.63, 3.8) is 0 Å². The van der Waals surface area contributed by atoms with Gasteiger partial charge in [0, 0.05) is 24.2 Å². The molecule has 2 atom stereocenters. The zero-order valence-electron chi connectivity index (χ0n) is 24.6. The summed E-state index contributed by atoms with van der Waals surface area (Å²) in [7, 11) is 0. The van der Waals surface area contributed by atoms with Gasteiger partial charge in [-0.25, -0.2) is 4.79 Å². The number of rotatable bonds is 10. The topological polar surface area (TPSA) is 108 Å². The van der Waals surface area contributed by atoms with Crippen LogP contribution in [0, 0.1) is 0 Å². The molecule has 222 valence electrons. The summed E-state index contributed by atoms with van der Waals surface area (Å²) < 4.78 is 5.46. The molecule has 4 rings (SSSR count). The fourth-order valence-corrected chi connectivity index (χ4v) is 4.81. The summed E-state index contributed by atoms with van der Waals surface area (Å²) >= 11 is 0. The van der Waals surface area contributed by atoms with E-state index in [2.05, 4.69) is 17.2 Å². The molecule has 0 aliphatic rings. The highest BCUT2D eigenvalue weighted by Crippen LogP contribution is 2.31. The standard InChI is InChI=1S/C35H37N3O5/c1-5-21-38(33(41)29(22-24-13-7-6-8-14-24)37-34(42)43-35(2,3)4)31(28-17-11-12-18-30(28)39)32(40)36-27-20-19-25-15-9-10-16-26(25)23-27/h5-20,23,29,31,39H,1,21-22H2,2-4H3,(H,36,40)(H,37,42). The molecule has 43 heavy (non-hydrogen) atoms. The van der Waals surface area contributed by atoms with Gasteiger partial charge in [0.15, 0.2) is 0 Å². The Bertz CT molecular complexity index is 1600. The molecule has 2 unspecified atom stereocenters. The molecule has 0 saturated heterocycles. The van der Waals surface area contributed by atoms with Crippen LogP contribution in [0.3, 0.4) is 0 Å². The van der Waals surface area contributed by atoms with Crippen molar-refractivity contribution >= 4 is 34.4 Å². The minimum Gasteiger partial charge on any atom is -0.508 e. The number of ether oxygens (including phenoxy) is 1. The second-order valence-corrected chi connectivity index (χ2v) is 11.2. The monoisotopic (exact) mass is 579 g/mol. The second kappa shape index (κ2) is 13.7. The van der Waals surface area contributed by atoms with E-state index >= 15 is 0 Å². The molecule has 0 aliphatic carbocycles. The molecule has 0 radical (unpaired) electrons. The van der Waals surface area contributed by atoms with Crippen LogP contribution in [0.15, 0.2) is 110 Å². The molecule has 0 bridgehead atoms. The van der Waals surface area contributed by atoms with E-state index in [1.165, 1.54) is 17.0 Å². The number of aromatic hydroxyl groups is 1. The third-order valence-electron chi connectivity index (χ3n) is 6.69. The smallest absolute Gasteiger partial charge is 0.408 e.